The molecule has 25 heavy (non-hydrogen) atoms. The number of hydrogen-bond donors (Lipinski definition) is 3. The van der Waals surface area contributed by atoms with Crippen LogP contribution >= 0.6 is 0 Å². The summed E-state index contributed by atoms with van der Waals surface area (Å²) in [6.45, 7) is 0. The van der Waals surface area contributed by atoms with Crippen LogP contribution in [0.2, 0.25) is 0 Å². The monoisotopic (exact) mass is 332 g/mol. The van der Waals surface area contributed by atoms with E-state index in [0.29, 0.717) is 16.8 Å². The van der Waals surface area contributed by atoms with Crippen molar-refractivity contribution in [3.63, 3.8) is 0 Å². The lowest BCUT2D eigenvalue weighted by atomic mass is 9.78. The molecular formula is C19H13BO5. The maximum absolute atomic E-state index is 11.7. The Morgan fingerprint density at radius 1 is 0.920 bits per heavy atom. The highest BCUT2D eigenvalue weighted by molar-refractivity contribution is 6.58. The van der Waals surface area contributed by atoms with Crippen LogP contribution in [0.25, 0.3) is 33.4 Å². The molecule has 5 nitrogen and oxygen atoms in total. The minimum atomic E-state index is -1.58. The topological polar surface area (TPSA) is 90.9 Å². The highest BCUT2D eigenvalue weighted by Gasteiger charge is 2.19. The molecule has 2 aromatic carbocycles. The molecule has 0 bridgehead atoms. The minimum absolute atomic E-state index is 0.0550. The fourth-order valence-electron chi connectivity index (χ4n) is 3.02. The molecule has 0 atom stereocenters. The standard InChI is InChI=1S/C19H13BO5/c21-13-4-6-15-17(9-13)25-18-10-14(22)5-7-16(18)19(15)11-2-1-3-12(8-11)20(23)24/h1-10,21,23-24H. The van der Waals surface area contributed by atoms with E-state index in [2.05, 4.69) is 0 Å². The van der Waals surface area contributed by atoms with Gasteiger partial charge in [-0.3, -0.25) is 4.79 Å². The van der Waals surface area contributed by atoms with Crippen molar-refractivity contribution in [3.8, 4) is 28.2 Å². The summed E-state index contributed by atoms with van der Waals surface area (Å²) in [6.07, 6.45) is 0. The third-order valence-electron chi connectivity index (χ3n) is 4.15. The zero-order valence-electron chi connectivity index (χ0n) is 13.0. The van der Waals surface area contributed by atoms with Gasteiger partial charge in [-0.2, -0.15) is 0 Å². The molecule has 0 unspecified atom stereocenters. The lowest BCUT2D eigenvalue weighted by molar-refractivity contribution is 0.426. The second kappa shape index (κ2) is 5.77. The van der Waals surface area contributed by atoms with E-state index < -0.39 is 7.12 Å². The van der Waals surface area contributed by atoms with Crippen LogP contribution in [0.1, 0.15) is 0 Å². The smallest absolute Gasteiger partial charge is 0.488 e. The van der Waals surface area contributed by atoms with Crippen molar-refractivity contribution in [2.24, 2.45) is 0 Å². The molecule has 0 amide bonds. The summed E-state index contributed by atoms with van der Waals surface area (Å²) in [5.74, 6) is 0.454. The third-order valence-corrected chi connectivity index (χ3v) is 4.15. The number of rotatable bonds is 2. The first kappa shape index (κ1) is 15.4. The molecule has 0 aromatic heterocycles. The van der Waals surface area contributed by atoms with Crippen molar-refractivity contribution in [2.75, 3.05) is 0 Å². The average Bonchev–Trinajstić information content (AvgIpc) is 2.59. The Balaban J connectivity index is 2.13. The molecule has 2 aliphatic rings. The molecule has 1 aliphatic carbocycles. The van der Waals surface area contributed by atoms with Crippen molar-refractivity contribution < 1.29 is 19.6 Å². The van der Waals surface area contributed by atoms with Crippen molar-refractivity contribution >= 4 is 23.6 Å². The van der Waals surface area contributed by atoms with Crippen LogP contribution in [-0.4, -0.2) is 22.3 Å². The number of fused-ring (bicyclic) bond motifs is 2. The van der Waals surface area contributed by atoms with Gasteiger partial charge in [0.2, 0.25) is 0 Å². The van der Waals surface area contributed by atoms with Gasteiger partial charge in [0.05, 0.1) is 0 Å². The van der Waals surface area contributed by atoms with Crippen LogP contribution in [0, 0.1) is 0 Å². The first-order valence-electron chi connectivity index (χ1n) is 7.69. The summed E-state index contributed by atoms with van der Waals surface area (Å²) in [7, 11) is -1.58. The molecule has 1 aliphatic heterocycles. The molecule has 0 saturated heterocycles. The molecule has 3 N–H and O–H groups in total. The van der Waals surface area contributed by atoms with E-state index in [0.717, 1.165) is 22.1 Å². The van der Waals surface area contributed by atoms with Gasteiger partial charge in [-0.05, 0) is 35.3 Å². The van der Waals surface area contributed by atoms with E-state index in [-0.39, 0.29) is 11.2 Å². The van der Waals surface area contributed by atoms with Gasteiger partial charge in [-0.25, -0.2) is 0 Å². The zero-order chi connectivity index (χ0) is 17.6. The Bertz CT molecular complexity index is 1120. The van der Waals surface area contributed by atoms with Crippen LogP contribution in [0.5, 0.6) is 5.75 Å². The average molecular weight is 332 g/mol. The van der Waals surface area contributed by atoms with E-state index in [1.54, 1.807) is 36.4 Å². The number of benzene rings is 3. The molecule has 2 aromatic rings. The molecule has 4 rings (SSSR count). The van der Waals surface area contributed by atoms with Gasteiger partial charge >= 0.3 is 7.12 Å². The Morgan fingerprint density at radius 2 is 1.76 bits per heavy atom. The predicted molar refractivity (Wildman–Crippen MR) is 96.0 cm³/mol. The largest absolute Gasteiger partial charge is 0.508 e. The summed E-state index contributed by atoms with van der Waals surface area (Å²) in [5, 5.41) is 29.4. The minimum Gasteiger partial charge on any atom is -0.508 e. The second-order valence-corrected chi connectivity index (χ2v) is 5.81. The second-order valence-electron chi connectivity index (χ2n) is 5.81. The van der Waals surface area contributed by atoms with Crippen LogP contribution in [0.4, 0.5) is 0 Å². The van der Waals surface area contributed by atoms with E-state index >= 15 is 0 Å². The fourth-order valence-corrected chi connectivity index (χ4v) is 3.02. The SMILES string of the molecule is O=c1ccc2c(-c3cccc(B(O)O)c3)c3ccc(O)cc3oc-2c1. The normalized spacial score (nSPS) is 11.1. The van der Waals surface area contributed by atoms with Crippen molar-refractivity contribution in [1.29, 1.82) is 0 Å². The Hall–Kier alpha value is -3.09. The first-order valence-corrected chi connectivity index (χ1v) is 7.69. The quantitative estimate of drug-likeness (QED) is 0.386. The van der Waals surface area contributed by atoms with Gasteiger partial charge in [-0.1, -0.05) is 24.3 Å². The maximum atomic E-state index is 11.7. The van der Waals surface area contributed by atoms with E-state index in [1.165, 1.54) is 18.2 Å². The molecule has 0 saturated carbocycles. The summed E-state index contributed by atoms with van der Waals surface area (Å²) in [6, 6.07) is 16.2. The molecule has 122 valence electrons. The van der Waals surface area contributed by atoms with Gasteiger partial charge in [0.1, 0.15) is 17.1 Å². The lowest BCUT2D eigenvalue weighted by Gasteiger charge is -2.15. The summed E-state index contributed by atoms with van der Waals surface area (Å²) < 4.78 is 5.79. The van der Waals surface area contributed by atoms with Gasteiger partial charge in [0.15, 0.2) is 5.43 Å². The molecular weight excluding hydrogens is 319 g/mol. The Morgan fingerprint density at radius 3 is 2.56 bits per heavy atom. The van der Waals surface area contributed by atoms with Crippen LogP contribution < -0.4 is 10.9 Å². The van der Waals surface area contributed by atoms with Crippen LogP contribution in [0.15, 0.2) is 69.9 Å². The van der Waals surface area contributed by atoms with Gasteiger partial charge < -0.3 is 19.6 Å². The molecule has 1 heterocycles. The molecule has 0 spiro atoms. The fraction of sp³-hybridized carbons (Fsp3) is 0. The van der Waals surface area contributed by atoms with Gasteiger partial charge in [0.25, 0.3) is 0 Å². The summed E-state index contributed by atoms with van der Waals surface area (Å²) in [4.78, 5) is 11.7. The number of hydrogen-bond acceptors (Lipinski definition) is 5. The highest BCUT2D eigenvalue weighted by atomic mass is 16.4. The number of phenolic OH excluding ortho intramolecular Hbond substituents is 1. The number of phenols is 1. The van der Waals surface area contributed by atoms with Crippen molar-refractivity contribution in [3.05, 3.63) is 70.9 Å². The maximum Gasteiger partial charge on any atom is 0.488 e. The van der Waals surface area contributed by atoms with Crippen LogP contribution in [0.3, 0.4) is 0 Å². The zero-order valence-corrected chi connectivity index (χ0v) is 13.0. The molecule has 0 fully saturated rings. The van der Waals surface area contributed by atoms with Gasteiger partial charge in [0, 0.05) is 28.6 Å². The third kappa shape index (κ3) is 2.67. The first-order chi connectivity index (χ1) is 12.0. The van der Waals surface area contributed by atoms with Crippen LogP contribution in [-0.2, 0) is 0 Å². The van der Waals surface area contributed by atoms with Crippen molar-refractivity contribution in [1.82, 2.24) is 0 Å². The predicted octanol–water partition coefficient (Wildman–Crippen LogP) is 1.95. The van der Waals surface area contributed by atoms with E-state index in [9.17, 15) is 19.9 Å². The van der Waals surface area contributed by atoms with E-state index in [4.69, 9.17) is 4.42 Å². The molecule has 0 radical (unpaired) electrons. The van der Waals surface area contributed by atoms with E-state index in [1.807, 2.05) is 6.07 Å². The summed E-state index contributed by atoms with van der Waals surface area (Å²) in [5.41, 5.74) is 2.88. The summed E-state index contributed by atoms with van der Waals surface area (Å²) >= 11 is 0. The highest BCUT2D eigenvalue weighted by Crippen LogP contribution is 2.40. The molecule has 6 heteroatoms. The Kier molecular flexibility index (Phi) is 3.56. The van der Waals surface area contributed by atoms with Crippen molar-refractivity contribution in [2.45, 2.75) is 0 Å². The lowest BCUT2D eigenvalue weighted by Crippen LogP contribution is -2.29. The Labute approximate surface area is 142 Å². The van der Waals surface area contributed by atoms with Gasteiger partial charge in [-0.15, -0.1) is 0 Å². The number of aromatic hydroxyl groups is 1.